The minimum Gasteiger partial charge on any atom is -0.381 e. The summed E-state index contributed by atoms with van der Waals surface area (Å²) in [6.07, 6.45) is 4.42. The summed E-state index contributed by atoms with van der Waals surface area (Å²) in [6.45, 7) is 0.834. The number of nitrogens with one attached hydrogen (secondary N) is 1. The summed E-state index contributed by atoms with van der Waals surface area (Å²) in [6, 6.07) is 5.99. The molecule has 1 N–H and O–H groups in total. The highest BCUT2D eigenvalue weighted by Crippen LogP contribution is 2.39. The van der Waals surface area contributed by atoms with Crippen molar-refractivity contribution < 1.29 is 4.74 Å². The number of halogens is 2. The molecule has 110 valence electrons. The normalized spacial score (nSPS) is 25.6. The summed E-state index contributed by atoms with van der Waals surface area (Å²) < 4.78 is 6.12. The van der Waals surface area contributed by atoms with Gasteiger partial charge in [-0.3, -0.25) is 0 Å². The third kappa shape index (κ3) is 3.38. The molecule has 20 heavy (non-hydrogen) atoms. The van der Waals surface area contributed by atoms with Crippen LogP contribution in [0, 0.1) is 0 Å². The number of anilines is 1. The first kappa shape index (κ1) is 14.8. The quantitative estimate of drug-likeness (QED) is 0.836. The van der Waals surface area contributed by atoms with Crippen molar-refractivity contribution in [1.29, 1.82) is 0 Å². The number of hydrogen-bond donors (Lipinski definition) is 1. The highest BCUT2D eigenvalue weighted by atomic mass is 35.5. The lowest BCUT2D eigenvalue weighted by atomic mass is 9.85. The smallest absolute Gasteiger partial charge is 0.0717 e. The Morgan fingerprint density at radius 3 is 2.85 bits per heavy atom. The summed E-state index contributed by atoms with van der Waals surface area (Å²) in [5.41, 5.74) is 1.03. The Kier molecular flexibility index (Phi) is 4.71. The van der Waals surface area contributed by atoms with E-state index in [1.807, 2.05) is 30.0 Å². The maximum Gasteiger partial charge on any atom is 0.0717 e. The van der Waals surface area contributed by atoms with Gasteiger partial charge in [0.2, 0.25) is 0 Å². The molecule has 0 aromatic heterocycles. The van der Waals surface area contributed by atoms with Gasteiger partial charge in [0.1, 0.15) is 0 Å². The molecule has 2 nitrogen and oxygen atoms in total. The molecule has 1 spiro atoms. The van der Waals surface area contributed by atoms with Gasteiger partial charge in [0, 0.05) is 17.7 Å². The fourth-order valence-electron chi connectivity index (χ4n) is 3.07. The molecule has 1 atom stereocenters. The summed E-state index contributed by atoms with van der Waals surface area (Å²) in [4.78, 5) is 0. The molecular weight excluding hydrogens is 313 g/mol. The van der Waals surface area contributed by atoms with Gasteiger partial charge in [0.15, 0.2) is 0 Å². The third-order valence-electron chi connectivity index (χ3n) is 4.19. The summed E-state index contributed by atoms with van der Waals surface area (Å²) >= 11 is 14.3. The summed E-state index contributed by atoms with van der Waals surface area (Å²) in [7, 11) is 0. The Bertz CT molecular complexity index is 471. The van der Waals surface area contributed by atoms with Crippen molar-refractivity contribution >= 4 is 40.7 Å². The molecule has 3 rings (SSSR count). The van der Waals surface area contributed by atoms with Crippen LogP contribution in [-0.2, 0) is 4.74 Å². The molecule has 5 heteroatoms. The van der Waals surface area contributed by atoms with Crippen LogP contribution >= 0.6 is 35.0 Å². The van der Waals surface area contributed by atoms with Crippen LogP contribution in [0.4, 0.5) is 5.69 Å². The largest absolute Gasteiger partial charge is 0.381 e. The number of benzene rings is 1. The van der Waals surface area contributed by atoms with Crippen molar-refractivity contribution in [3.8, 4) is 0 Å². The van der Waals surface area contributed by atoms with Crippen LogP contribution in [0.15, 0.2) is 18.2 Å². The van der Waals surface area contributed by atoms with Crippen LogP contribution in [0.25, 0.3) is 0 Å². The average molecular weight is 332 g/mol. The van der Waals surface area contributed by atoms with Gasteiger partial charge in [0.25, 0.3) is 0 Å². The summed E-state index contributed by atoms with van der Waals surface area (Å²) in [5, 5.41) is 5.00. The van der Waals surface area contributed by atoms with Gasteiger partial charge >= 0.3 is 0 Å². The molecule has 2 heterocycles. The molecule has 0 amide bonds. The van der Waals surface area contributed by atoms with Crippen LogP contribution in [0.2, 0.25) is 10.0 Å². The Labute approximate surface area is 134 Å². The first-order valence-corrected chi connectivity index (χ1v) is 9.01. The molecule has 0 aliphatic carbocycles. The van der Waals surface area contributed by atoms with E-state index >= 15 is 0 Å². The molecule has 1 aromatic rings. The highest BCUT2D eigenvalue weighted by molar-refractivity contribution is 7.99. The van der Waals surface area contributed by atoms with Crippen molar-refractivity contribution in [2.24, 2.45) is 0 Å². The van der Waals surface area contributed by atoms with Crippen molar-refractivity contribution in [2.75, 3.05) is 23.4 Å². The Morgan fingerprint density at radius 2 is 2.05 bits per heavy atom. The number of thioether (sulfide) groups is 1. The minimum atomic E-state index is 0.0895. The van der Waals surface area contributed by atoms with E-state index in [0.29, 0.717) is 11.1 Å². The van der Waals surface area contributed by atoms with Gasteiger partial charge in [-0.15, -0.1) is 0 Å². The number of ether oxygens (including phenoxy) is 1. The monoisotopic (exact) mass is 331 g/mol. The average Bonchev–Trinajstić information content (AvgIpc) is 2.44. The Balaban J connectivity index is 1.69. The van der Waals surface area contributed by atoms with Crippen LogP contribution in [0.1, 0.15) is 25.7 Å². The molecule has 0 radical (unpaired) electrons. The first-order valence-electron chi connectivity index (χ1n) is 7.10. The SMILES string of the molecule is Clc1ccc(Cl)c(NC2CCOC3(CCSCC3)C2)c1. The van der Waals surface area contributed by atoms with E-state index in [9.17, 15) is 0 Å². The fraction of sp³-hybridized carbons (Fsp3) is 0.600. The highest BCUT2D eigenvalue weighted by Gasteiger charge is 2.38. The zero-order chi connectivity index (χ0) is 14.0. The van der Waals surface area contributed by atoms with E-state index in [-0.39, 0.29) is 5.60 Å². The van der Waals surface area contributed by atoms with Crippen molar-refractivity contribution in [2.45, 2.75) is 37.3 Å². The van der Waals surface area contributed by atoms with Crippen LogP contribution < -0.4 is 5.32 Å². The van der Waals surface area contributed by atoms with Crippen molar-refractivity contribution in [3.63, 3.8) is 0 Å². The zero-order valence-electron chi connectivity index (χ0n) is 11.3. The van der Waals surface area contributed by atoms with E-state index in [2.05, 4.69) is 5.32 Å². The Morgan fingerprint density at radius 1 is 1.25 bits per heavy atom. The number of hydrogen-bond acceptors (Lipinski definition) is 3. The molecule has 2 saturated heterocycles. The molecule has 2 aliphatic rings. The molecule has 2 aliphatic heterocycles. The van der Waals surface area contributed by atoms with E-state index in [0.717, 1.165) is 30.2 Å². The standard InChI is InChI=1S/C15H19Cl2NOS/c16-11-1-2-13(17)14(9-11)18-12-3-6-19-15(10-12)4-7-20-8-5-15/h1-2,9,12,18H,3-8,10H2. The lowest BCUT2D eigenvalue weighted by Gasteiger charge is -2.43. The first-order chi connectivity index (χ1) is 9.67. The zero-order valence-corrected chi connectivity index (χ0v) is 13.7. The van der Waals surface area contributed by atoms with Crippen LogP contribution in [0.3, 0.4) is 0 Å². The van der Waals surface area contributed by atoms with Gasteiger partial charge in [-0.1, -0.05) is 23.2 Å². The topological polar surface area (TPSA) is 21.3 Å². The molecular formula is C15H19Cl2NOS. The van der Waals surface area contributed by atoms with Gasteiger partial charge < -0.3 is 10.1 Å². The molecule has 1 unspecified atom stereocenters. The molecule has 0 bridgehead atoms. The van der Waals surface area contributed by atoms with E-state index < -0.39 is 0 Å². The van der Waals surface area contributed by atoms with Gasteiger partial charge in [0.05, 0.1) is 16.3 Å². The fourth-order valence-corrected chi connectivity index (χ4v) is 4.65. The maximum absolute atomic E-state index is 6.24. The van der Waals surface area contributed by atoms with E-state index in [1.54, 1.807) is 0 Å². The molecule has 2 fully saturated rings. The predicted octanol–water partition coefficient (Wildman–Crippen LogP) is 4.85. The molecule has 0 saturated carbocycles. The molecule has 1 aromatic carbocycles. The van der Waals surface area contributed by atoms with Crippen molar-refractivity contribution in [3.05, 3.63) is 28.2 Å². The Hall–Kier alpha value is -0.0900. The second kappa shape index (κ2) is 6.35. The summed E-state index contributed by atoms with van der Waals surface area (Å²) in [5.74, 6) is 2.43. The van der Waals surface area contributed by atoms with Crippen LogP contribution in [-0.4, -0.2) is 29.8 Å². The van der Waals surface area contributed by atoms with Crippen LogP contribution in [0.5, 0.6) is 0 Å². The van der Waals surface area contributed by atoms with Gasteiger partial charge in [-0.05, 0) is 55.4 Å². The van der Waals surface area contributed by atoms with E-state index in [4.69, 9.17) is 27.9 Å². The van der Waals surface area contributed by atoms with Gasteiger partial charge in [-0.2, -0.15) is 11.8 Å². The van der Waals surface area contributed by atoms with Gasteiger partial charge in [-0.25, -0.2) is 0 Å². The van der Waals surface area contributed by atoms with E-state index in [1.165, 1.54) is 24.3 Å². The minimum absolute atomic E-state index is 0.0895. The lowest BCUT2D eigenvalue weighted by Crippen LogP contribution is -2.46. The van der Waals surface area contributed by atoms with Crippen molar-refractivity contribution in [1.82, 2.24) is 0 Å². The second-order valence-electron chi connectivity index (χ2n) is 5.60. The number of rotatable bonds is 2. The maximum atomic E-state index is 6.24. The third-order valence-corrected chi connectivity index (χ3v) is 5.74. The predicted molar refractivity (Wildman–Crippen MR) is 88.3 cm³/mol. The second-order valence-corrected chi connectivity index (χ2v) is 7.67. The lowest BCUT2D eigenvalue weighted by molar-refractivity contribution is -0.0865.